The van der Waals surface area contributed by atoms with Crippen molar-refractivity contribution < 1.29 is 9.53 Å². The fourth-order valence-corrected chi connectivity index (χ4v) is 0.904. The van der Waals surface area contributed by atoms with Gasteiger partial charge in [-0.25, -0.2) is 0 Å². The monoisotopic (exact) mass is 168 g/mol. The van der Waals surface area contributed by atoms with Gasteiger partial charge in [0.05, 0.1) is 0 Å². The molecule has 0 rings (SSSR count). The second kappa shape index (κ2) is 6.65. The minimum Gasteiger partial charge on any atom is -0.458 e. The zero-order valence-electron chi connectivity index (χ0n) is 7.75. The number of carbonyl (C=O) groups is 1. The highest BCUT2D eigenvalue weighted by Crippen LogP contribution is 2.04. The molecular weight excluding hydrogens is 152 g/mol. The van der Waals surface area contributed by atoms with Crippen LogP contribution < -0.4 is 0 Å². The van der Waals surface area contributed by atoms with Crippen LogP contribution >= 0.6 is 0 Å². The SMILES string of the molecule is C=CCCC(C=CC)OC(C)=O. The van der Waals surface area contributed by atoms with E-state index in [-0.39, 0.29) is 12.1 Å². The molecule has 0 saturated heterocycles. The maximum atomic E-state index is 10.6. The molecule has 0 spiro atoms. The predicted octanol–water partition coefficient (Wildman–Crippen LogP) is 2.46. The molecule has 1 unspecified atom stereocenters. The lowest BCUT2D eigenvalue weighted by Crippen LogP contribution is -2.13. The van der Waals surface area contributed by atoms with Gasteiger partial charge >= 0.3 is 5.97 Å². The van der Waals surface area contributed by atoms with Gasteiger partial charge in [0.1, 0.15) is 6.10 Å². The molecule has 68 valence electrons. The fourth-order valence-electron chi connectivity index (χ4n) is 0.904. The molecular formula is C10H16O2. The highest BCUT2D eigenvalue weighted by atomic mass is 16.5. The minimum atomic E-state index is -0.234. The van der Waals surface area contributed by atoms with Crippen molar-refractivity contribution in [3.8, 4) is 0 Å². The Balaban J connectivity index is 3.85. The molecule has 0 saturated carbocycles. The quantitative estimate of drug-likeness (QED) is 0.465. The minimum absolute atomic E-state index is 0.0921. The Morgan fingerprint density at radius 3 is 2.75 bits per heavy atom. The van der Waals surface area contributed by atoms with E-state index in [9.17, 15) is 4.79 Å². The molecule has 0 aliphatic rings. The Labute approximate surface area is 73.9 Å². The summed E-state index contributed by atoms with van der Waals surface area (Å²) in [5.74, 6) is -0.234. The second-order valence-electron chi connectivity index (χ2n) is 2.54. The third-order valence-corrected chi connectivity index (χ3v) is 1.38. The zero-order chi connectivity index (χ0) is 9.40. The van der Waals surface area contributed by atoms with Crippen LogP contribution in [0.2, 0.25) is 0 Å². The lowest BCUT2D eigenvalue weighted by Gasteiger charge is -2.11. The van der Waals surface area contributed by atoms with Crippen LogP contribution in [0.4, 0.5) is 0 Å². The summed E-state index contributed by atoms with van der Waals surface area (Å²) >= 11 is 0. The Bertz CT molecular complexity index is 171. The molecule has 12 heavy (non-hydrogen) atoms. The normalized spacial score (nSPS) is 12.8. The van der Waals surface area contributed by atoms with Crippen molar-refractivity contribution in [1.29, 1.82) is 0 Å². The number of hydrogen-bond donors (Lipinski definition) is 0. The fraction of sp³-hybridized carbons (Fsp3) is 0.500. The van der Waals surface area contributed by atoms with Gasteiger partial charge in [-0.1, -0.05) is 12.2 Å². The third kappa shape index (κ3) is 5.71. The maximum Gasteiger partial charge on any atom is 0.303 e. The molecule has 0 aliphatic heterocycles. The van der Waals surface area contributed by atoms with Gasteiger partial charge in [0.15, 0.2) is 0 Å². The number of ether oxygens (including phenoxy) is 1. The molecule has 0 aliphatic carbocycles. The van der Waals surface area contributed by atoms with Gasteiger partial charge in [-0.3, -0.25) is 4.79 Å². The average Bonchev–Trinajstić information content (AvgIpc) is 2.00. The van der Waals surface area contributed by atoms with Gasteiger partial charge in [0.2, 0.25) is 0 Å². The van der Waals surface area contributed by atoms with Crippen LogP contribution in [0.15, 0.2) is 24.8 Å². The number of allylic oxidation sites excluding steroid dienone is 2. The van der Waals surface area contributed by atoms with Crippen molar-refractivity contribution in [1.82, 2.24) is 0 Å². The maximum absolute atomic E-state index is 10.6. The summed E-state index contributed by atoms with van der Waals surface area (Å²) in [6, 6.07) is 0. The molecule has 0 fully saturated rings. The lowest BCUT2D eigenvalue weighted by molar-refractivity contribution is -0.144. The molecule has 0 bridgehead atoms. The van der Waals surface area contributed by atoms with Crippen LogP contribution in [-0.4, -0.2) is 12.1 Å². The van der Waals surface area contributed by atoms with Crippen molar-refractivity contribution in [3.05, 3.63) is 24.8 Å². The summed E-state index contributed by atoms with van der Waals surface area (Å²) in [5.41, 5.74) is 0. The van der Waals surface area contributed by atoms with E-state index in [0.29, 0.717) is 0 Å². The van der Waals surface area contributed by atoms with E-state index in [1.165, 1.54) is 6.92 Å². The van der Waals surface area contributed by atoms with Crippen molar-refractivity contribution in [2.75, 3.05) is 0 Å². The standard InChI is InChI=1S/C10H16O2/c1-4-6-8-10(7-5-2)12-9(3)11/h4-5,7,10H,1,6,8H2,2-3H3. The number of rotatable bonds is 5. The summed E-state index contributed by atoms with van der Waals surface area (Å²) in [6.45, 7) is 6.94. The van der Waals surface area contributed by atoms with E-state index >= 15 is 0 Å². The molecule has 0 heterocycles. The molecule has 0 N–H and O–H groups in total. The first-order chi connectivity index (χ1) is 5.70. The second-order valence-corrected chi connectivity index (χ2v) is 2.54. The van der Waals surface area contributed by atoms with Gasteiger partial charge in [0.25, 0.3) is 0 Å². The molecule has 2 heteroatoms. The van der Waals surface area contributed by atoms with Crippen LogP contribution in [0.5, 0.6) is 0 Å². The van der Waals surface area contributed by atoms with Crippen LogP contribution in [-0.2, 0) is 9.53 Å². The summed E-state index contributed by atoms with van der Waals surface area (Å²) in [5, 5.41) is 0. The first kappa shape index (κ1) is 11.0. The zero-order valence-corrected chi connectivity index (χ0v) is 7.75. The largest absolute Gasteiger partial charge is 0.458 e. The first-order valence-electron chi connectivity index (χ1n) is 4.11. The van der Waals surface area contributed by atoms with Crippen molar-refractivity contribution in [3.63, 3.8) is 0 Å². The lowest BCUT2D eigenvalue weighted by atomic mass is 10.2. The Hall–Kier alpha value is -1.05. The van der Waals surface area contributed by atoms with E-state index in [4.69, 9.17) is 4.74 Å². The Morgan fingerprint density at radius 1 is 1.67 bits per heavy atom. The number of hydrogen-bond acceptors (Lipinski definition) is 2. The van der Waals surface area contributed by atoms with E-state index in [1.807, 2.05) is 25.2 Å². The Kier molecular flexibility index (Phi) is 6.07. The van der Waals surface area contributed by atoms with Crippen molar-refractivity contribution >= 4 is 5.97 Å². The molecule has 1 atom stereocenters. The van der Waals surface area contributed by atoms with Crippen molar-refractivity contribution in [2.45, 2.75) is 32.8 Å². The van der Waals surface area contributed by atoms with Gasteiger partial charge in [0, 0.05) is 6.92 Å². The van der Waals surface area contributed by atoms with E-state index in [2.05, 4.69) is 6.58 Å². The van der Waals surface area contributed by atoms with Gasteiger partial charge in [-0.05, 0) is 25.8 Å². The highest BCUT2D eigenvalue weighted by Gasteiger charge is 2.05. The van der Waals surface area contributed by atoms with Gasteiger partial charge < -0.3 is 4.74 Å². The smallest absolute Gasteiger partial charge is 0.303 e. The summed E-state index contributed by atoms with van der Waals surface area (Å²) in [6.07, 6.45) is 7.17. The predicted molar refractivity (Wildman–Crippen MR) is 49.8 cm³/mol. The van der Waals surface area contributed by atoms with Crippen LogP contribution in [0.3, 0.4) is 0 Å². The van der Waals surface area contributed by atoms with Gasteiger partial charge in [-0.15, -0.1) is 6.58 Å². The van der Waals surface area contributed by atoms with Crippen LogP contribution in [0, 0.1) is 0 Å². The van der Waals surface area contributed by atoms with Gasteiger partial charge in [-0.2, -0.15) is 0 Å². The molecule has 0 aromatic rings. The summed E-state index contributed by atoms with van der Waals surface area (Å²) in [7, 11) is 0. The first-order valence-corrected chi connectivity index (χ1v) is 4.11. The molecule has 2 nitrogen and oxygen atoms in total. The topological polar surface area (TPSA) is 26.3 Å². The van der Waals surface area contributed by atoms with Crippen LogP contribution in [0.25, 0.3) is 0 Å². The van der Waals surface area contributed by atoms with Crippen molar-refractivity contribution in [2.24, 2.45) is 0 Å². The molecule has 0 radical (unpaired) electrons. The number of carbonyl (C=O) groups excluding carboxylic acids is 1. The molecule has 0 aromatic carbocycles. The van der Waals surface area contributed by atoms with E-state index < -0.39 is 0 Å². The number of esters is 1. The van der Waals surface area contributed by atoms with Crippen LogP contribution in [0.1, 0.15) is 26.7 Å². The van der Waals surface area contributed by atoms with E-state index in [0.717, 1.165) is 12.8 Å². The molecule has 0 aromatic heterocycles. The third-order valence-electron chi connectivity index (χ3n) is 1.38. The molecule has 0 amide bonds. The Morgan fingerprint density at radius 2 is 2.33 bits per heavy atom. The highest BCUT2D eigenvalue weighted by molar-refractivity contribution is 5.66. The average molecular weight is 168 g/mol. The van der Waals surface area contributed by atoms with E-state index in [1.54, 1.807) is 0 Å². The summed E-state index contributed by atoms with van der Waals surface area (Å²) < 4.78 is 5.02. The summed E-state index contributed by atoms with van der Waals surface area (Å²) in [4.78, 5) is 10.6.